The van der Waals surface area contributed by atoms with Gasteiger partial charge in [-0.05, 0) is 36.5 Å². The second kappa shape index (κ2) is 6.78. The van der Waals surface area contributed by atoms with Crippen molar-refractivity contribution in [3.8, 4) is 6.07 Å². The van der Waals surface area contributed by atoms with Crippen LogP contribution in [-0.4, -0.2) is 6.54 Å². The number of nitriles is 1. The van der Waals surface area contributed by atoms with E-state index in [2.05, 4.69) is 38.2 Å². The van der Waals surface area contributed by atoms with Gasteiger partial charge in [-0.1, -0.05) is 37.6 Å². The first-order valence-electron chi connectivity index (χ1n) is 6.30. The zero-order valence-electron chi connectivity index (χ0n) is 11.3. The van der Waals surface area contributed by atoms with E-state index in [0.717, 1.165) is 18.0 Å². The maximum atomic E-state index is 8.63. The van der Waals surface area contributed by atoms with E-state index in [1.807, 2.05) is 18.2 Å². The maximum Gasteiger partial charge on any atom is 0.0621 e. The molecule has 0 amide bonds. The topological polar surface area (TPSA) is 35.8 Å². The quantitative estimate of drug-likeness (QED) is 0.831. The zero-order valence-corrected chi connectivity index (χ0v) is 12.1. The second-order valence-corrected chi connectivity index (χ2v) is 5.92. The van der Waals surface area contributed by atoms with Gasteiger partial charge in [0, 0.05) is 24.0 Å². The van der Waals surface area contributed by atoms with Crippen LogP contribution in [0.5, 0.6) is 0 Å². The van der Waals surface area contributed by atoms with Crippen LogP contribution in [0.3, 0.4) is 0 Å². The third-order valence-corrected chi connectivity index (χ3v) is 3.38. The molecule has 0 aromatic heterocycles. The van der Waals surface area contributed by atoms with Crippen molar-refractivity contribution in [3.05, 3.63) is 34.9 Å². The fourth-order valence-corrected chi connectivity index (χ4v) is 2.00. The first-order chi connectivity index (χ1) is 8.44. The first kappa shape index (κ1) is 15.0. The molecule has 0 spiro atoms. The molecule has 0 unspecified atom stereocenters. The summed E-state index contributed by atoms with van der Waals surface area (Å²) < 4.78 is 0. The third-order valence-electron chi connectivity index (χ3n) is 3.15. The summed E-state index contributed by atoms with van der Waals surface area (Å²) in [7, 11) is 0. The lowest BCUT2D eigenvalue weighted by molar-refractivity contribution is 0.305. The van der Waals surface area contributed by atoms with Crippen molar-refractivity contribution in [1.82, 2.24) is 5.32 Å². The van der Waals surface area contributed by atoms with E-state index < -0.39 is 0 Å². The van der Waals surface area contributed by atoms with Crippen molar-refractivity contribution >= 4 is 11.6 Å². The standard InChI is InChI=1S/C15H21ClN2/c1-12(13-6-4-7-14(16)10-13)18-11-15(2,3)8-5-9-17/h4,6-7,10,12,18H,5,8,11H2,1-3H3/t12-/m0/s1. The van der Waals surface area contributed by atoms with Crippen LogP contribution in [-0.2, 0) is 0 Å². The van der Waals surface area contributed by atoms with Crippen molar-refractivity contribution in [2.45, 2.75) is 39.7 Å². The molecule has 98 valence electrons. The minimum Gasteiger partial charge on any atom is -0.310 e. The fourth-order valence-electron chi connectivity index (χ4n) is 1.81. The van der Waals surface area contributed by atoms with Gasteiger partial charge in [-0.25, -0.2) is 0 Å². The van der Waals surface area contributed by atoms with Gasteiger partial charge >= 0.3 is 0 Å². The Balaban J connectivity index is 2.51. The van der Waals surface area contributed by atoms with E-state index in [4.69, 9.17) is 16.9 Å². The molecule has 0 fully saturated rings. The molecular formula is C15H21ClN2. The van der Waals surface area contributed by atoms with Crippen LogP contribution < -0.4 is 5.32 Å². The van der Waals surface area contributed by atoms with Gasteiger partial charge in [0.1, 0.15) is 0 Å². The van der Waals surface area contributed by atoms with E-state index in [1.54, 1.807) is 0 Å². The highest BCUT2D eigenvalue weighted by molar-refractivity contribution is 6.30. The lowest BCUT2D eigenvalue weighted by Crippen LogP contribution is -2.31. The molecule has 1 aromatic carbocycles. The van der Waals surface area contributed by atoms with E-state index in [9.17, 15) is 0 Å². The lowest BCUT2D eigenvalue weighted by Gasteiger charge is -2.26. The lowest BCUT2D eigenvalue weighted by atomic mass is 9.87. The minimum absolute atomic E-state index is 0.141. The summed E-state index contributed by atoms with van der Waals surface area (Å²) in [4.78, 5) is 0. The smallest absolute Gasteiger partial charge is 0.0621 e. The first-order valence-corrected chi connectivity index (χ1v) is 6.68. The Morgan fingerprint density at radius 2 is 2.17 bits per heavy atom. The molecule has 18 heavy (non-hydrogen) atoms. The zero-order chi connectivity index (χ0) is 13.6. The third kappa shape index (κ3) is 5.08. The summed E-state index contributed by atoms with van der Waals surface area (Å²) in [5.74, 6) is 0. The van der Waals surface area contributed by atoms with Gasteiger partial charge in [0.25, 0.3) is 0 Å². The van der Waals surface area contributed by atoms with E-state index in [1.165, 1.54) is 5.56 Å². The number of halogens is 1. The van der Waals surface area contributed by atoms with Crippen molar-refractivity contribution in [3.63, 3.8) is 0 Å². The molecule has 0 heterocycles. The summed E-state index contributed by atoms with van der Waals surface area (Å²) in [6.07, 6.45) is 1.53. The minimum atomic E-state index is 0.141. The molecule has 1 atom stereocenters. The molecule has 0 radical (unpaired) electrons. The van der Waals surface area contributed by atoms with Gasteiger partial charge < -0.3 is 5.32 Å². The van der Waals surface area contributed by atoms with Crippen LogP contribution in [0.4, 0.5) is 0 Å². The van der Waals surface area contributed by atoms with Crippen LogP contribution in [0.15, 0.2) is 24.3 Å². The average Bonchev–Trinajstić information content (AvgIpc) is 2.34. The Kier molecular flexibility index (Phi) is 5.65. The van der Waals surface area contributed by atoms with E-state index in [-0.39, 0.29) is 11.5 Å². The van der Waals surface area contributed by atoms with Crippen LogP contribution in [0, 0.1) is 16.7 Å². The number of hydrogen-bond donors (Lipinski definition) is 1. The average molecular weight is 265 g/mol. The molecule has 0 bridgehead atoms. The van der Waals surface area contributed by atoms with Gasteiger partial charge in [-0.3, -0.25) is 0 Å². The van der Waals surface area contributed by atoms with Gasteiger partial charge in [0.2, 0.25) is 0 Å². The Morgan fingerprint density at radius 3 is 2.78 bits per heavy atom. The van der Waals surface area contributed by atoms with Crippen LogP contribution in [0.25, 0.3) is 0 Å². The molecule has 1 aromatic rings. The van der Waals surface area contributed by atoms with E-state index in [0.29, 0.717) is 6.42 Å². The molecule has 0 saturated heterocycles. The number of nitrogens with one attached hydrogen (secondary N) is 1. The van der Waals surface area contributed by atoms with Gasteiger partial charge in [0.15, 0.2) is 0 Å². The molecule has 0 aliphatic heterocycles. The molecule has 1 rings (SSSR count). The number of rotatable bonds is 6. The molecule has 0 aliphatic rings. The summed E-state index contributed by atoms with van der Waals surface area (Å²) in [6, 6.07) is 10.4. The predicted octanol–water partition coefficient (Wildman–Crippen LogP) is 4.32. The molecular weight excluding hydrogens is 244 g/mol. The number of nitrogens with zero attached hydrogens (tertiary/aromatic N) is 1. The molecule has 3 heteroatoms. The van der Waals surface area contributed by atoms with Crippen molar-refractivity contribution in [1.29, 1.82) is 5.26 Å². The molecule has 0 aliphatic carbocycles. The second-order valence-electron chi connectivity index (χ2n) is 5.48. The molecule has 0 saturated carbocycles. The van der Waals surface area contributed by atoms with Gasteiger partial charge in [-0.2, -0.15) is 5.26 Å². The SMILES string of the molecule is C[C@H](NCC(C)(C)CCC#N)c1cccc(Cl)c1. The van der Waals surface area contributed by atoms with Gasteiger partial charge in [0.05, 0.1) is 6.07 Å². The normalized spacial score (nSPS) is 13.1. The molecule has 2 nitrogen and oxygen atoms in total. The predicted molar refractivity (Wildman–Crippen MR) is 76.5 cm³/mol. The number of hydrogen-bond acceptors (Lipinski definition) is 2. The summed E-state index contributed by atoms with van der Waals surface area (Å²) in [5.41, 5.74) is 1.33. The van der Waals surface area contributed by atoms with Crippen molar-refractivity contribution in [2.24, 2.45) is 5.41 Å². The summed E-state index contributed by atoms with van der Waals surface area (Å²) >= 11 is 5.98. The van der Waals surface area contributed by atoms with Crippen molar-refractivity contribution < 1.29 is 0 Å². The molecule has 1 N–H and O–H groups in total. The summed E-state index contributed by atoms with van der Waals surface area (Å²) in [5, 5.41) is 12.9. The largest absolute Gasteiger partial charge is 0.310 e. The highest BCUT2D eigenvalue weighted by Gasteiger charge is 2.18. The summed E-state index contributed by atoms with van der Waals surface area (Å²) in [6.45, 7) is 7.39. The fraction of sp³-hybridized carbons (Fsp3) is 0.533. The Morgan fingerprint density at radius 1 is 1.44 bits per heavy atom. The van der Waals surface area contributed by atoms with Crippen LogP contribution in [0.1, 0.15) is 45.2 Å². The monoisotopic (exact) mass is 264 g/mol. The van der Waals surface area contributed by atoms with Gasteiger partial charge in [-0.15, -0.1) is 0 Å². The van der Waals surface area contributed by atoms with Crippen molar-refractivity contribution in [2.75, 3.05) is 6.54 Å². The Bertz CT molecular complexity index is 421. The van der Waals surface area contributed by atoms with E-state index >= 15 is 0 Å². The van der Waals surface area contributed by atoms with Crippen LogP contribution in [0.2, 0.25) is 5.02 Å². The highest BCUT2D eigenvalue weighted by Crippen LogP contribution is 2.23. The highest BCUT2D eigenvalue weighted by atomic mass is 35.5. The Hall–Kier alpha value is -1.04. The Labute approximate surface area is 115 Å². The number of benzene rings is 1. The maximum absolute atomic E-state index is 8.63. The van der Waals surface area contributed by atoms with Crippen LogP contribution >= 0.6 is 11.6 Å².